The number of nitrogens with zero attached hydrogens (tertiary/aromatic N) is 5. The standard InChI is InChI=1S/C24H25N5O3/c25-15-17-5-1-2-6-21(17)27-11-12-28-22-8-7-19(29(31)32)13-18(22)14-20(23(28)16-27)24(30)26-9-3-4-10-26/h1-2,5-8,13,20,23H,3-4,9-12,14,16H2. The van der Waals surface area contributed by atoms with E-state index in [4.69, 9.17) is 0 Å². The first kappa shape index (κ1) is 20.3. The lowest BCUT2D eigenvalue weighted by molar-refractivity contribution is -0.384. The summed E-state index contributed by atoms with van der Waals surface area (Å²) in [7, 11) is 0. The summed E-state index contributed by atoms with van der Waals surface area (Å²) >= 11 is 0. The maximum absolute atomic E-state index is 13.5. The Hall–Kier alpha value is -3.60. The van der Waals surface area contributed by atoms with E-state index in [0.717, 1.165) is 49.4 Å². The number of nitriles is 1. The number of hydrogen-bond donors (Lipinski definition) is 0. The van der Waals surface area contributed by atoms with Crippen LogP contribution in [0, 0.1) is 27.4 Å². The Bertz CT molecular complexity index is 1110. The molecule has 0 bridgehead atoms. The molecule has 1 amide bonds. The Balaban J connectivity index is 1.51. The second-order valence-electron chi connectivity index (χ2n) is 8.75. The monoisotopic (exact) mass is 431 g/mol. The van der Waals surface area contributed by atoms with Crippen LogP contribution in [-0.2, 0) is 11.2 Å². The van der Waals surface area contributed by atoms with Crippen molar-refractivity contribution in [3.63, 3.8) is 0 Å². The van der Waals surface area contributed by atoms with Gasteiger partial charge in [0, 0.05) is 50.5 Å². The van der Waals surface area contributed by atoms with Gasteiger partial charge in [-0.05, 0) is 43.0 Å². The SMILES string of the molecule is N#Cc1ccccc1N1CCN2c3ccc([N+](=O)[O-])cc3CC(C(=O)N3CCCC3)C2C1. The summed E-state index contributed by atoms with van der Waals surface area (Å²) in [6.45, 7) is 3.62. The van der Waals surface area contributed by atoms with Gasteiger partial charge in [0.25, 0.3) is 5.69 Å². The van der Waals surface area contributed by atoms with E-state index in [2.05, 4.69) is 15.9 Å². The molecule has 5 rings (SSSR count). The van der Waals surface area contributed by atoms with Gasteiger partial charge in [-0.2, -0.15) is 5.26 Å². The van der Waals surface area contributed by atoms with Crippen LogP contribution in [0.15, 0.2) is 42.5 Å². The van der Waals surface area contributed by atoms with E-state index in [1.165, 1.54) is 0 Å². The molecule has 3 aliphatic rings. The quantitative estimate of drug-likeness (QED) is 0.548. The summed E-state index contributed by atoms with van der Waals surface area (Å²) < 4.78 is 0. The van der Waals surface area contributed by atoms with Gasteiger partial charge < -0.3 is 14.7 Å². The predicted octanol–water partition coefficient (Wildman–Crippen LogP) is 2.96. The zero-order valence-electron chi connectivity index (χ0n) is 17.8. The van der Waals surface area contributed by atoms with Crippen molar-refractivity contribution in [2.24, 2.45) is 5.92 Å². The number of nitro groups is 1. The van der Waals surface area contributed by atoms with Gasteiger partial charge >= 0.3 is 0 Å². The molecule has 2 unspecified atom stereocenters. The van der Waals surface area contributed by atoms with Crippen LogP contribution in [-0.4, -0.2) is 54.5 Å². The second-order valence-corrected chi connectivity index (χ2v) is 8.75. The molecular weight excluding hydrogens is 406 g/mol. The van der Waals surface area contributed by atoms with E-state index in [1.54, 1.807) is 12.1 Å². The molecule has 8 nitrogen and oxygen atoms in total. The molecule has 2 fully saturated rings. The normalized spacial score (nSPS) is 22.2. The average Bonchev–Trinajstić information content (AvgIpc) is 3.37. The van der Waals surface area contributed by atoms with Crippen LogP contribution in [0.5, 0.6) is 0 Å². The third kappa shape index (κ3) is 3.44. The summed E-state index contributed by atoms with van der Waals surface area (Å²) in [4.78, 5) is 30.9. The number of fused-ring (bicyclic) bond motifs is 3. The lowest BCUT2D eigenvalue weighted by atomic mass is 9.82. The summed E-state index contributed by atoms with van der Waals surface area (Å²) in [5, 5.41) is 20.9. The van der Waals surface area contributed by atoms with Crippen LogP contribution < -0.4 is 9.80 Å². The number of likely N-dealkylation sites (tertiary alicyclic amines) is 1. The van der Waals surface area contributed by atoms with Crippen molar-refractivity contribution in [3.8, 4) is 6.07 Å². The first-order valence-electron chi connectivity index (χ1n) is 11.1. The molecule has 2 saturated heterocycles. The Morgan fingerprint density at radius 2 is 1.84 bits per heavy atom. The molecule has 0 N–H and O–H groups in total. The molecule has 0 radical (unpaired) electrons. The number of amides is 1. The molecule has 0 saturated carbocycles. The highest BCUT2D eigenvalue weighted by Gasteiger charge is 2.43. The number of non-ortho nitro benzene ring substituents is 1. The van der Waals surface area contributed by atoms with Crippen molar-refractivity contribution in [1.82, 2.24) is 4.90 Å². The average molecular weight is 431 g/mol. The van der Waals surface area contributed by atoms with Crippen molar-refractivity contribution in [2.75, 3.05) is 42.5 Å². The number of para-hydroxylation sites is 1. The zero-order chi connectivity index (χ0) is 22.2. The first-order chi connectivity index (χ1) is 15.6. The molecule has 164 valence electrons. The van der Waals surface area contributed by atoms with Crippen molar-refractivity contribution >= 4 is 23.0 Å². The van der Waals surface area contributed by atoms with Gasteiger partial charge in [-0.1, -0.05) is 12.1 Å². The van der Waals surface area contributed by atoms with Crippen molar-refractivity contribution in [1.29, 1.82) is 5.26 Å². The fourth-order valence-electron chi connectivity index (χ4n) is 5.44. The van der Waals surface area contributed by atoms with Crippen LogP contribution in [0.4, 0.5) is 17.1 Å². The number of piperazine rings is 1. The minimum absolute atomic E-state index is 0.0439. The Morgan fingerprint density at radius 3 is 2.59 bits per heavy atom. The van der Waals surface area contributed by atoms with Crippen LogP contribution in [0.2, 0.25) is 0 Å². The number of nitro benzene ring substituents is 1. The van der Waals surface area contributed by atoms with Crippen LogP contribution >= 0.6 is 0 Å². The molecule has 3 aliphatic heterocycles. The summed E-state index contributed by atoms with van der Waals surface area (Å²) in [5.74, 6) is -0.121. The number of hydrogen-bond acceptors (Lipinski definition) is 6. The summed E-state index contributed by atoms with van der Waals surface area (Å²) in [6, 6.07) is 14.8. The van der Waals surface area contributed by atoms with Gasteiger partial charge in [-0.15, -0.1) is 0 Å². The fourth-order valence-corrected chi connectivity index (χ4v) is 5.44. The number of carbonyl (C=O) groups is 1. The zero-order valence-corrected chi connectivity index (χ0v) is 17.8. The van der Waals surface area contributed by atoms with E-state index >= 15 is 0 Å². The van der Waals surface area contributed by atoms with Crippen molar-refractivity contribution in [3.05, 3.63) is 63.7 Å². The fraction of sp³-hybridized carbons (Fsp3) is 0.417. The first-order valence-corrected chi connectivity index (χ1v) is 11.1. The maximum Gasteiger partial charge on any atom is 0.269 e. The van der Waals surface area contributed by atoms with Gasteiger partial charge in [0.2, 0.25) is 5.91 Å². The molecule has 0 aromatic heterocycles. The van der Waals surface area contributed by atoms with E-state index < -0.39 is 0 Å². The van der Waals surface area contributed by atoms with Crippen LogP contribution in [0.1, 0.15) is 24.0 Å². The molecule has 32 heavy (non-hydrogen) atoms. The highest BCUT2D eigenvalue weighted by molar-refractivity contribution is 5.83. The van der Waals surface area contributed by atoms with Gasteiger partial charge in [-0.3, -0.25) is 14.9 Å². The minimum atomic E-state index is -0.375. The number of anilines is 2. The number of benzene rings is 2. The van der Waals surface area contributed by atoms with E-state index in [1.807, 2.05) is 35.2 Å². The summed E-state index contributed by atoms with van der Waals surface area (Å²) in [6.07, 6.45) is 2.55. The Labute approximate surface area is 186 Å². The third-order valence-corrected chi connectivity index (χ3v) is 7.01. The van der Waals surface area contributed by atoms with Crippen LogP contribution in [0.25, 0.3) is 0 Å². The number of rotatable bonds is 3. The highest BCUT2D eigenvalue weighted by atomic mass is 16.6. The molecule has 0 aliphatic carbocycles. The molecule has 0 spiro atoms. The van der Waals surface area contributed by atoms with E-state index in [9.17, 15) is 20.2 Å². The second kappa shape index (κ2) is 8.15. The van der Waals surface area contributed by atoms with Crippen molar-refractivity contribution < 1.29 is 9.72 Å². The molecular formula is C24H25N5O3. The number of carbonyl (C=O) groups excluding carboxylic acids is 1. The third-order valence-electron chi connectivity index (χ3n) is 7.01. The summed E-state index contributed by atoms with van der Waals surface area (Å²) in [5.41, 5.74) is 3.46. The lowest BCUT2D eigenvalue weighted by Gasteiger charge is -2.50. The van der Waals surface area contributed by atoms with Gasteiger partial charge in [-0.25, -0.2) is 0 Å². The largest absolute Gasteiger partial charge is 0.367 e. The van der Waals surface area contributed by atoms with Gasteiger partial charge in [0.05, 0.1) is 28.1 Å². The lowest BCUT2D eigenvalue weighted by Crippen LogP contribution is -2.61. The highest BCUT2D eigenvalue weighted by Crippen LogP contribution is 2.39. The van der Waals surface area contributed by atoms with Gasteiger partial charge in [0.1, 0.15) is 6.07 Å². The predicted molar refractivity (Wildman–Crippen MR) is 121 cm³/mol. The van der Waals surface area contributed by atoms with E-state index in [-0.39, 0.29) is 28.5 Å². The van der Waals surface area contributed by atoms with Gasteiger partial charge in [0.15, 0.2) is 0 Å². The van der Waals surface area contributed by atoms with Crippen LogP contribution in [0.3, 0.4) is 0 Å². The minimum Gasteiger partial charge on any atom is -0.367 e. The molecule has 2 atom stereocenters. The van der Waals surface area contributed by atoms with Crippen molar-refractivity contribution in [2.45, 2.75) is 25.3 Å². The Morgan fingerprint density at radius 1 is 1.06 bits per heavy atom. The molecule has 3 heterocycles. The molecule has 2 aromatic rings. The smallest absolute Gasteiger partial charge is 0.269 e. The molecule has 2 aromatic carbocycles. The Kier molecular flexibility index (Phi) is 5.17. The maximum atomic E-state index is 13.5. The van der Waals surface area contributed by atoms with E-state index in [0.29, 0.717) is 25.1 Å². The topological polar surface area (TPSA) is 93.7 Å². The molecule has 8 heteroatoms.